The second-order valence-electron chi connectivity index (χ2n) is 6.13. The molecule has 0 unspecified atom stereocenters. The molecule has 3 rings (SSSR count). The van der Waals surface area contributed by atoms with E-state index in [0.29, 0.717) is 17.7 Å². The molecule has 1 aliphatic carbocycles. The first-order valence-corrected chi connectivity index (χ1v) is 9.87. The van der Waals surface area contributed by atoms with E-state index in [1.165, 1.54) is 24.3 Å². The highest BCUT2D eigenvalue weighted by molar-refractivity contribution is 7.92. The Kier molecular flexibility index (Phi) is 5.02. The molecule has 1 aliphatic rings. The number of carbonyl (C=O) groups excluding carboxylic acids is 1. The van der Waals surface area contributed by atoms with Crippen LogP contribution in [0.25, 0.3) is 6.08 Å². The Morgan fingerprint density at radius 3 is 2.78 bits per heavy atom. The van der Waals surface area contributed by atoms with Crippen molar-refractivity contribution < 1.29 is 17.9 Å². The molecule has 6 nitrogen and oxygen atoms in total. The zero-order valence-electron chi connectivity index (χ0n) is 14.9. The fraction of sp³-hybridized carbons (Fsp3) is 0.200. The smallest absolute Gasteiger partial charge is 0.334 e. The quantitative estimate of drug-likeness (QED) is 0.801. The average Bonchev–Trinajstić information content (AvgIpc) is 3.11. The largest absolute Gasteiger partial charge is 0.463 e. The fourth-order valence-electron chi connectivity index (χ4n) is 2.98. The van der Waals surface area contributed by atoms with E-state index in [0.717, 1.165) is 16.7 Å². The monoisotopic (exact) mass is 382 g/mol. The van der Waals surface area contributed by atoms with Gasteiger partial charge in [0.25, 0.3) is 10.0 Å². The minimum absolute atomic E-state index is 0.00690. The van der Waals surface area contributed by atoms with Gasteiger partial charge in [-0.05, 0) is 60.9 Å². The predicted octanol–water partition coefficient (Wildman–Crippen LogP) is 3.17. The van der Waals surface area contributed by atoms with Crippen molar-refractivity contribution in [1.82, 2.24) is 0 Å². The van der Waals surface area contributed by atoms with Crippen molar-refractivity contribution in [1.29, 1.82) is 5.26 Å². The van der Waals surface area contributed by atoms with Gasteiger partial charge in [-0.2, -0.15) is 5.26 Å². The number of hydrogen-bond donors (Lipinski definition) is 1. The van der Waals surface area contributed by atoms with Crippen LogP contribution in [0, 0.1) is 18.3 Å². The van der Waals surface area contributed by atoms with E-state index in [-0.39, 0.29) is 17.1 Å². The van der Waals surface area contributed by atoms with Gasteiger partial charge >= 0.3 is 5.97 Å². The summed E-state index contributed by atoms with van der Waals surface area (Å²) in [5, 5.41) is 8.98. The number of hydrogen-bond acceptors (Lipinski definition) is 5. The van der Waals surface area contributed by atoms with Crippen molar-refractivity contribution in [2.75, 3.05) is 11.3 Å². The standard InChI is InChI=1S/C20H18N2O4S/c1-3-26-20(23)15-10-17-13(2)7-8-19(18(17)11-15)22-27(24,25)16-6-4-5-14(9-16)12-21/h4-10,22H,3,11H2,1-2H3. The van der Waals surface area contributed by atoms with E-state index in [1.54, 1.807) is 25.1 Å². The van der Waals surface area contributed by atoms with Crippen LogP contribution in [-0.4, -0.2) is 21.0 Å². The average molecular weight is 382 g/mol. The molecule has 0 saturated carbocycles. The van der Waals surface area contributed by atoms with Crippen molar-refractivity contribution in [2.45, 2.75) is 25.2 Å². The topological polar surface area (TPSA) is 96.3 Å². The number of sulfonamides is 1. The summed E-state index contributed by atoms with van der Waals surface area (Å²) in [4.78, 5) is 12.1. The molecule has 2 aromatic rings. The molecule has 27 heavy (non-hydrogen) atoms. The zero-order valence-corrected chi connectivity index (χ0v) is 15.8. The van der Waals surface area contributed by atoms with Crippen LogP contribution >= 0.6 is 0 Å². The Bertz CT molecular complexity index is 1100. The molecular weight excluding hydrogens is 364 g/mol. The number of rotatable bonds is 5. The van der Waals surface area contributed by atoms with Crippen LogP contribution < -0.4 is 4.72 Å². The number of esters is 1. The van der Waals surface area contributed by atoms with Crippen LogP contribution in [0.2, 0.25) is 0 Å². The van der Waals surface area contributed by atoms with Crippen LogP contribution in [0.1, 0.15) is 29.2 Å². The van der Waals surface area contributed by atoms with Crippen molar-refractivity contribution >= 4 is 27.8 Å². The third kappa shape index (κ3) is 3.71. The summed E-state index contributed by atoms with van der Waals surface area (Å²) < 4.78 is 33.1. The molecule has 1 N–H and O–H groups in total. The highest BCUT2D eigenvalue weighted by atomic mass is 32.2. The van der Waals surface area contributed by atoms with E-state index in [4.69, 9.17) is 10.00 Å². The summed E-state index contributed by atoms with van der Waals surface area (Å²) in [6, 6.07) is 11.2. The normalized spacial score (nSPS) is 12.7. The number of nitrogens with one attached hydrogen (secondary N) is 1. The molecule has 7 heteroatoms. The predicted molar refractivity (Wildman–Crippen MR) is 101 cm³/mol. The number of fused-ring (bicyclic) bond motifs is 1. The van der Waals surface area contributed by atoms with Gasteiger partial charge in [0.2, 0.25) is 0 Å². The van der Waals surface area contributed by atoms with Crippen molar-refractivity contribution in [3.05, 3.63) is 64.2 Å². The van der Waals surface area contributed by atoms with Gasteiger partial charge in [0.05, 0.1) is 28.8 Å². The summed E-state index contributed by atoms with van der Waals surface area (Å²) in [7, 11) is -3.87. The number of ether oxygens (including phenoxy) is 1. The lowest BCUT2D eigenvalue weighted by molar-refractivity contribution is -0.138. The van der Waals surface area contributed by atoms with Gasteiger partial charge in [-0.15, -0.1) is 0 Å². The molecule has 0 radical (unpaired) electrons. The summed E-state index contributed by atoms with van der Waals surface area (Å²) >= 11 is 0. The van der Waals surface area contributed by atoms with E-state index in [1.807, 2.05) is 13.0 Å². The maximum absolute atomic E-state index is 12.7. The van der Waals surface area contributed by atoms with Crippen molar-refractivity contribution in [3.63, 3.8) is 0 Å². The Morgan fingerprint density at radius 2 is 2.07 bits per heavy atom. The van der Waals surface area contributed by atoms with Crippen LogP contribution in [0.5, 0.6) is 0 Å². The molecule has 0 aromatic heterocycles. The van der Waals surface area contributed by atoms with E-state index < -0.39 is 16.0 Å². The van der Waals surface area contributed by atoms with E-state index in [2.05, 4.69) is 4.72 Å². The summed E-state index contributed by atoms with van der Waals surface area (Å²) in [6.07, 6.45) is 2.04. The lowest BCUT2D eigenvalue weighted by Crippen LogP contribution is -2.15. The molecule has 0 amide bonds. The second kappa shape index (κ2) is 7.25. The Balaban J connectivity index is 1.95. The minimum atomic E-state index is -3.87. The maximum atomic E-state index is 12.7. The van der Waals surface area contributed by atoms with Gasteiger partial charge in [-0.25, -0.2) is 13.2 Å². The lowest BCUT2D eigenvalue weighted by Gasteiger charge is -2.14. The molecule has 2 aromatic carbocycles. The zero-order chi connectivity index (χ0) is 19.6. The fourth-order valence-corrected chi connectivity index (χ4v) is 4.11. The Hall–Kier alpha value is -3.11. The van der Waals surface area contributed by atoms with E-state index >= 15 is 0 Å². The molecule has 0 spiro atoms. The summed E-state index contributed by atoms with van der Waals surface area (Å²) in [5.41, 5.74) is 3.67. The van der Waals surface area contributed by atoms with Crippen LogP contribution in [-0.2, 0) is 26.0 Å². The maximum Gasteiger partial charge on any atom is 0.334 e. The number of aryl methyl sites for hydroxylation is 1. The molecule has 0 saturated heterocycles. The number of benzene rings is 2. The molecule has 0 heterocycles. The van der Waals surface area contributed by atoms with Gasteiger partial charge in [0.15, 0.2) is 0 Å². The van der Waals surface area contributed by atoms with Gasteiger partial charge < -0.3 is 4.74 Å². The van der Waals surface area contributed by atoms with Crippen molar-refractivity contribution in [2.24, 2.45) is 0 Å². The van der Waals surface area contributed by atoms with Crippen LogP contribution in [0.4, 0.5) is 5.69 Å². The number of anilines is 1. The van der Waals surface area contributed by atoms with Gasteiger partial charge in [0.1, 0.15) is 0 Å². The lowest BCUT2D eigenvalue weighted by atomic mass is 10.0. The SMILES string of the molecule is CCOC(=O)C1=Cc2c(C)ccc(NS(=O)(=O)c3cccc(C#N)c3)c2C1. The van der Waals surface area contributed by atoms with Gasteiger partial charge in [-0.3, -0.25) is 4.72 Å². The van der Waals surface area contributed by atoms with Crippen molar-refractivity contribution in [3.8, 4) is 6.07 Å². The van der Waals surface area contributed by atoms with E-state index in [9.17, 15) is 13.2 Å². The first-order chi connectivity index (χ1) is 12.9. The molecule has 0 bridgehead atoms. The highest BCUT2D eigenvalue weighted by Crippen LogP contribution is 2.35. The number of carbonyl (C=O) groups is 1. The molecule has 138 valence electrons. The molecular formula is C20H18N2O4S. The molecule has 0 fully saturated rings. The Morgan fingerprint density at radius 1 is 1.30 bits per heavy atom. The first kappa shape index (κ1) is 18.7. The molecule has 0 atom stereocenters. The van der Waals surface area contributed by atoms with Crippen LogP contribution in [0.3, 0.4) is 0 Å². The van der Waals surface area contributed by atoms with Gasteiger partial charge in [0, 0.05) is 12.0 Å². The third-order valence-electron chi connectivity index (χ3n) is 4.32. The second-order valence-corrected chi connectivity index (χ2v) is 7.82. The number of nitriles is 1. The third-order valence-corrected chi connectivity index (χ3v) is 5.68. The first-order valence-electron chi connectivity index (χ1n) is 8.39. The summed E-state index contributed by atoms with van der Waals surface area (Å²) in [5.74, 6) is -0.399. The minimum Gasteiger partial charge on any atom is -0.463 e. The molecule has 0 aliphatic heterocycles. The van der Waals surface area contributed by atoms with Gasteiger partial charge in [-0.1, -0.05) is 12.1 Å². The highest BCUT2D eigenvalue weighted by Gasteiger charge is 2.25. The van der Waals surface area contributed by atoms with Crippen LogP contribution in [0.15, 0.2) is 46.9 Å². The Labute approximate surface area is 158 Å². The summed E-state index contributed by atoms with van der Waals surface area (Å²) in [6.45, 7) is 3.92. The number of nitrogens with zero attached hydrogens (tertiary/aromatic N) is 1.